The number of hydrogen-bond donors (Lipinski definition) is 2. The number of pyridine rings is 1. The summed E-state index contributed by atoms with van der Waals surface area (Å²) in [5.74, 6) is 0.724. The Morgan fingerprint density at radius 3 is 2.35 bits per heavy atom. The lowest BCUT2D eigenvalue weighted by molar-refractivity contribution is -0.166. The fourth-order valence-electron chi connectivity index (χ4n) is 3.26. The van der Waals surface area contributed by atoms with Crippen LogP contribution in [0.1, 0.15) is 41.0 Å². The number of hydrogen-bond acceptors (Lipinski definition) is 5. The third-order valence-electron chi connectivity index (χ3n) is 5.33. The van der Waals surface area contributed by atoms with Gasteiger partial charge in [-0.25, -0.2) is 4.98 Å². The van der Waals surface area contributed by atoms with Crippen LogP contribution in [0.15, 0.2) is 18.3 Å². The lowest BCUT2D eigenvalue weighted by Crippen LogP contribution is -2.74. The Morgan fingerprint density at radius 1 is 1.31 bits per heavy atom. The van der Waals surface area contributed by atoms with E-state index in [-0.39, 0.29) is 36.8 Å². The van der Waals surface area contributed by atoms with E-state index in [4.69, 9.17) is 10.5 Å². The summed E-state index contributed by atoms with van der Waals surface area (Å²) >= 11 is 0. The molecule has 2 atom stereocenters. The number of carbonyl (C=O) groups is 1. The number of anilines is 2. The van der Waals surface area contributed by atoms with Crippen LogP contribution in [0.25, 0.3) is 0 Å². The Hall–Kier alpha value is -1.08. The lowest BCUT2D eigenvalue weighted by atomic mass is 9.54. The second-order valence-corrected chi connectivity index (χ2v) is 6.87. The smallest absolute Gasteiger partial charge is 0.245 e. The second-order valence-electron chi connectivity index (χ2n) is 6.87. The van der Waals surface area contributed by atoms with E-state index in [0.29, 0.717) is 18.7 Å². The number of rotatable bonds is 7. The molecule has 1 aliphatic carbocycles. The van der Waals surface area contributed by atoms with E-state index in [1.54, 1.807) is 6.20 Å². The van der Waals surface area contributed by atoms with Crippen molar-refractivity contribution in [3.05, 3.63) is 18.3 Å². The van der Waals surface area contributed by atoms with Crippen LogP contribution in [0.2, 0.25) is 0 Å². The first-order valence-corrected chi connectivity index (χ1v) is 8.73. The summed E-state index contributed by atoms with van der Waals surface area (Å²) in [6.45, 7) is 12.5. The molecule has 6 nitrogen and oxygen atoms in total. The van der Waals surface area contributed by atoms with Crippen LogP contribution in [0, 0.1) is 5.41 Å². The van der Waals surface area contributed by atoms with Crippen LogP contribution < -0.4 is 16.0 Å². The van der Waals surface area contributed by atoms with Crippen LogP contribution in [0.4, 0.5) is 11.5 Å². The van der Waals surface area contributed by atoms with Gasteiger partial charge in [0.05, 0.1) is 18.0 Å². The molecule has 0 radical (unpaired) electrons. The number of carbonyl (C=O) groups excluding carboxylic acids is 1. The fourth-order valence-corrected chi connectivity index (χ4v) is 3.26. The summed E-state index contributed by atoms with van der Waals surface area (Å²) in [6, 6.07) is 3.79. The average molecular weight is 407 g/mol. The first-order chi connectivity index (χ1) is 11.3. The third kappa shape index (κ3) is 4.42. The molecule has 1 aromatic rings. The van der Waals surface area contributed by atoms with Crippen LogP contribution in [-0.2, 0) is 9.53 Å². The molecule has 1 aromatic heterocycles. The van der Waals surface area contributed by atoms with Crippen molar-refractivity contribution in [2.75, 3.05) is 29.9 Å². The summed E-state index contributed by atoms with van der Waals surface area (Å²) in [4.78, 5) is 19.3. The van der Waals surface area contributed by atoms with E-state index in [0.717, 1.165) is 18.9 Å². The number of ether oxygens (including phenoxy) is 1. The minimum atomic E-state index is -0.926. The zero-order valence-corrected chi connectivity index (χ0v) is 17.9. The predicted molar refractivity (Wildman–Crippen MR) is 112 cm³/mol. The van der Waals surface area contributed by atoms with Crippen LogP contribution in [-0.4, -0.2) is 42.2 Å². The van der Waals surface area contributed by atoms with E-state index in [9.17, 15) is 4.79 Å². The summed E-state index contributed by atoms with van der Waals surface area (Å²) in [7, 11) is 0. The SMILES string of the molecule is CCOC1CC(N)(C(=O)Nc2ccc(N(CC)CC)nc2)C1(C)C.Cl.Cl. The molecule has 1 heterocycles. The number of halogens is 2. The molecule has 0 spiro atoms. The molecule has 1 fully saturated rings. The molecule has 1 amide bonds. The molecule has 8 heteroatoms. The Bertz CT molecular complexity index is 579. The minimum Gasteiger partial charge on any atom is -0.378 e. The number of amides is 1. The highest BCUT2D eigenvalue weighted by atomic mass is 35.5. The maximum absolute atomic E-state index is 12.7. The van der Waals surface area contributed by atoms with E-state index in [1.807, 2.05) is 32.9 Å². The highest BCUT2D eigenvalue weighted by Gasteiger charge is 2.62. The third-order valence-corrected chi connectivity index (χ3v) is 5.33. The van der Waals surface area contributed by atoms with E-state index in [1.165, 1.54) is 0 Å². The largest absolute Gasteiger partial charge is 0.378 e. The van der Waals surface area contributed by atoms with E-state index < -0.39 is 11.0 Å². The van der Waals surface area contributed by atoms with Crippen molar-refractivity contribution in [1.82, 2.24) is 4.98 Å². The first-order valence-electron chi connectivity index (χ1n) is 8.73. The molecular formula is C18H32Cl2N4O2. The molecule has 1 saturated carbocycles. The van der Waals surface area contributed by atoms with E-state index >= 15 is 0 Å². The van der Waals surface area contributed by atoms with E-state index in [2.05, 4.69) is 29.0 Å². The normalized spacial score (nSPS) is 23.1. The van der Waals surface area contributed by atoms with Crippen molar-refractivity contribution in [3.8, 4) is 0 Å². The summed E-state index contributed by atoms with van der Waals surface area (Å²) in [6.07, 6.45) is 2.23. The summed E-state index contributed by atoms with van der Waals surface area (Å²) < 4.78 is 5.68. The Kier molecular flexibility index (Phi) is 9.33. The Labute approximate surface area is 169 Å². The highest BCUT2D eigenvalue weighted by molar-refractivity contribution is 5.99. The molecule has 3 N–H and O–H groups in total. The fraction of sp³-hybridized carbons (Fsp3) is 0.667. The zero-order chi connectivity index (χ0) is 18.0. The number of aromatic nitrogens is 1. The van der Waals surface area contributed by atoms with Gasteiger partial charge in [-0.3, -0.25) is 4.79 Å². The molecule has 2 unspecified atom stereocenters. The minimum absolute atomic E-state index is 0. The molecule has 1 aliphatic rings. The number of nitrogens with zero attached hydrogens (tertiary/aromatic N) is 2. The average Bonchev–Trinajstić information content (AvgIpc) is 2.57. The standard InChI is InChI=1S/C18H30N4O2.2ClH/c1-6-22(7-2)15-10-9-13(12-20-15)21-16(23)18(19)11-14(24-8-3)17(18,4)5;;/h9-10,12,14H,6-8,11,19H2,1-5H3,(H,21,23);2*1H. The number of nitrogens with one attached hydrogen (secondary N) is 1. The first kappa shape index (κ1) is 24.9. The summed E-state index contributed by atoms with van der Waals surface area (Å²) in [5.41, 5.74) is 5.73. The molecule has 0 bridgehead atoms. The highest BCUT2D eigenvalue weighted by Crippen LogP contribution is 2.50. The van der Waals surface area contributed by atoms with Gasteiger partial charge in [-0.1, -0.05) is 13.8 Å². The Balaban J connectivity index is 0.00000312. The molecule has 2 rings (SSSR count). The van der Waals surface area contributed by atoms with Gasteiger partial charge in [0.2, 0.25) is 5.91 Å². The second kappa shape index (κ2) is 9.74. The van der Waals surface area contributed by atoms with Crippen molar-refractivity contribution in [1.29, 1.82) is 0 Å². The van der Waals surface area contributed by atoms with Gasteiger partial charge in [-0.2, -0.15) is 0 Å². The zero-order valence-electron chi connectivity index (χ0n) is 16.2. The maximum Gasteiger partial charge on any atom is 0.245 e. The monoisotopic (exact) mass is 406 g/mol. The molecule has 0 aliphatic heterocycles. The summed E-state index contributed by atoms with van der Waals surface area (Å²) in [5, 5.41) is 2.90. The molecule has 26 heavy (non-hydrogen) atoms. The van der Waals surface area contributed by atoms with Crippen LogP contribution in [0.5, 0.6) is 0 Å². The van der Waals surface area contributed by atoms with Gasteiger partial charge < -0.3 is 20.7 Å². The van der Waals surface area contributed by atoms with Gasteiger partial charge in [-0.05, 0) is 32.9 Å². The van der Waals surface area contributed by atoms with Crippen molar-refractivity contribution < 1.29 is 9.53 Å². The quantitative estimate of drug-likeness (QED) is 0.725. The van der Waals surface area contributed by atoms with Gasteiger partial charge in [0.1, 0.15) is 11.4 Å². The van der Waals surface area contributed by atoms with Crippen LogP contribution in [0.3, 0.4) is 0 Å². The molecule has 0 aromatic carbocycles. The Morgan fingerprint density at radius 2 is 1.92 bits per heavy atom. The van der Waals surface area contributed by atoms with Crippen molar-refractivity contribution in [3.63, 3.8) is 0 Å². The van der Waals surface area contributed by atoms with Gasteiger partial charge >= 0.3 is 0 Å². The molecule has 150 valence electrons. The van der Waals surface area contributed by atoms with Crippen LogP contribution >= 0.6 is 24.8 Å². The van der Waals surface area contributed by atoms with Gasteiger partial charge in [0.25, 0.3) is 0 Å². The predicted octanol–water partition coefficient (Wildman–Crippen LogP) is 3.24. The topological polar surface area (TPSA) is 80.5 Å². The van der Waals surface area contributed by atoms with Crippen molar-refractivity contribution in [2.45, 2.75) is 52.7 Å². The van der Waals surface area contributed by atoms with Gasteiger partial charge in [-0.15, -0.1) is 24.8 Å². The van der Waals surface area contributed by atoms with Gasteiger partial charge in [0.15, 0.2) is 0 Å². The number of nitrogens with two attached hydrogens (primary N) is 1. The van der Waals surface area contributed by atoms with Crippen molar-refractivity contribution in [2.24, 2.45) is 11.1 Å². The lowest BCUT2D eigenvalue weighted by Gasteiger charge is -2.57. The van der Waals surface area contributed by atoms with Crippen molar-refractivity contribution >= 4 is 42.2 Å². The maximum atomic E-state index is 12.7. The van der Waals surface area contributed by atoms with Gasteiger partial charge in [0, 0.05) is 31.5 Å². The molecular weight excluding hydrogens is 375 g/mol. The molecule has 0 saturated heterocycles.